The summed E-state index contributed by atoms with van der Waals surface area (Å²) in [5, 5.41) is 3.50. The van der Waals surface area contributed by atoms with E-state index in [1.807, 2.05) is 68.4 Å². The maximum Gasteiger partial charge on any atom is 0.324 e. The Morgan fingerprint density at radius 2 is 1.93 bits per heavy atom. The predicted octanol–water partition coefficient (Wildman–Crippen LogP) is 4.31. The average Bonchev–Trinajstić information content (AvgIpc) is 3.28. The van der Waals surface area contributed by atoms with E-state index in [1.165, 1.54) is 11.3 Å². The van der Waals surface area contributed by atoms with Crippen LogP contribution in [0.3, 0.4) is 0 Å². The number of nitrogens with zero attached hydrogens (tertiary/aromatic N) is 3. The van der Waals surface area contributed by atoms with E-state index >= 15 is 0 Å². The predicted molar refractivity (Wildman–Crippen MR) is 109 cm³/mol. The van der Waals surface area contributed by atoms with Gasteiger partial charge >= 0.3 is 6.03 Å². The molecule has 0 bridgehead atoms. The summed E-state index contributed by atoms with van der Waals surface area (Å²) < 4.78 is 5.63. The largest absolute Gasteiger partial charge is 0.464 e. The number of hydrogen-bond acceptors (Lipinski definition) is 5. The molecule has 2 heterocycles. The molecular weight excluding hydrogens is 360 g/mol. The summed E-state index contributed by atoms with van der Waals surface area (Å²) in [6.07, 6.45) is 1.79. The molecule has 0 aliphatic heterocycles. The van der Waals surface area contributed by atoms with Crippen LogP contribution in [0.15, 0.2) is 53.1 Å². The molecule has 7 heteroatoms. The quantitative estimate of drug-likeness (QED) is 0.659. The Balaban J connectivity index is 1.69. The maximum atomic E-state index is 12.8. The number of nitrogens with one attached hydrogen (secondary N) is 1. The van der Waals surface area contributed by atoms with E-state index in [4.69, 9.17) is 4.42 Å². The van der Waals surface area contributed by atoms with Crippen molar-refractivity contribution in [2.24, 2.45) is 0 Å². The van der Waals surface area contributed by atoms with Crippen LogP contribution in [0.1, 0.15) is 11.5 Å². The Hall–Kier alpha value is -2.64. The molecule has 0 unspecified atom stereocenters. The van der Waals surface area contributed by atoms with Crippen molar-refractivity contribution in [2.45, 2.75) is 13.5 Å². The number of urea groups is 1. The number of amides is 2. The summed E-state index contributed by atoms with van der Waals surface area (Å²) in [4.78, 5) is 22.0. The van der Waals surface area contributed by atoms with Crippen molar-refractivity contribution in [3.05, 3.63) is 60.2 Å². The first-order chi connectivity index (χ1) is 13.0. The summed E-state index contributed by atoms with van der Waals surface area (Å²) in [5.41, 5.74) is 1.09. The van der Waals surface area contributed by atoms with Gasteiger partial charge in [0.05, 0.1) is 11.4 Å². The van der Waals surface area contributed by atoms with E-state index in [1.54, 1.807) is 11.1 Å². The number of carbonyl (C=O) groups is 1. The number of thiazole rings is 1. The number of aromatic nitrogens is 1. The lowest BCUT2D eigenvalue weighted by Gasteiger charge is -2.23. The Morgan fingerprint density at radius 3 is 2.59 bits per heavy atom. The van der Waals surface area contributed by atoms with Crippen molar-refractivity contribution in [3.63, 3.8) is 0 Å². The molecule has 142 valence electrons. The van der Waals surface area contributed by atoms with Crippen LogP contribution in [-0.2, 0) is 6.54 Å². The number of carbonyl (C=O) groups excluding carboxylic acids is 1. The van der Waals surface area contributed by atoms with Gasteiger partial charge in [0.2, 0.25) is 0 Å². The number of likely N-dealkylation sites (N-methyl/N-ethyl adjacent to an activating group) is 1. The van der Waals surface area contributed by atoms with Gasteiger partial charge in [-0.25, -0.2) is 9.78 Å². The molecule has 0 spiro atoms. The summed E-state index contributed by atoms with van der Waals surface area (Å²) in [6, 6.07) is 13.6. The van der Waals surface area contributed by atoms with Gasteiger partial charge in [0.15, 0.2) is 5.13 Å². The zero-order valence-electron chi connectivity index (χ0n) is 15.8. The lowest BCUT2D eigenvalue weighted by atomic mass is 10.2. The Bertz CT molecular complexity index is 873. The minimum atomic E-state index is -0.181. The van der Waals surface area contributed by atoms with Gasteiger partial charge in [-0.1, -0.05) is 41.7 Å². The molecule has 0 saturated heterocycles. The van der Waals surface area contributed by atoms with Gasteiger partial charge in [-0.05, 0) is 38.7 Å². The zero-order valence-corrected chi connectivity index (χ0v) is 16.6. The first-order valence-electron chi connectivity index (χ1n) is 8.78. The molecule has 27 heavy (non-hydrogen) atoms. The standard InChI is InChI=1S/C20H24N4O2S/c1-15-9-10-17(26-15)14-24(12-11-23(2)3)20(25)22-19-21-13-18(27-19)16-7-5-4-6-8-16/h4-10,13H,11-12,14H2,1-3H3,(H,21,22,25). The van der Waals surface area contributed by atoms with E-state index in [0.717, 1.165) is 28.5 Å². The molecule has 6 nitrogen and oxygen atoms in total. The van der Waals surface area contributed by atoms with Crippen LogP contribution in [0.25, 0.3) is 10.4 Å². The maximum absolute atomic E-state index is 12.8. The molecule has 3 aromatic rings. The van der Waals surface area contributed by atoms with Crippen molar-refractivity contribution in [2.75, 3.05) is 32.5 Å². The monoisotopic (exact) mass is 384 g/mol. The van der Waals surface area contributed by atoms with E-state index in [9.17, 15) is 4.79 Å². The topological polar surface area (TPSA) is 61.6 Å². The first-order valence-corrected chi connectivity index (χ1v) is 9.60. The molecule has 3 rings (SSSR count). The fourth-order valence-corrected chi connectivity index (χ4v) is 3.38. The number of anilines is 1. The second kappa shape index (κ2) is 8.83. The average molecular weight is 385 g/mol. The highest BCUT2D eigenvalue weighted by molar-refractivity contribution is 7.19. The Labute approximate surface area is 163 Å². The number of rotatable bonds is 7. The highest BCUT2D eigenvalue weighted by atomic mass is 32.1. The molecule has 0 fully saturated rings. The second-order valence-corrected chi connectivity index (χ2v) is 7.59. The minimum absolute atomic E-state index is 0.181. The SMILES string of the molecule is Cc1ccc(CN(CCN(C)C)C(=O)Nc2ncc(-c3ccccc3)s2)o1. The van der Waals surface area contributed by atoms with Gasteiger partial charge in [-0.3, -0.25) is 5.32 Å². The van der Waals surface area contributed by atoms with Crippen LogP contribution < -0.4 is 5.32 Å². The molecule has 2 amide bonds. The smallest absolute Gasteiger partial charge is 0.324 e. The van der Waals surface area contributed by atoms with E-state index in [2.05, 4.69) is 10.3 Å². The first kappa shape index (κ1) is 19.1. The van der Waals surface area contributed by atoms with Crippen molar-refractivity contribution in [1.82, 2.24) is 14.8 Å². The number of furan rings is 1. The van der Waals surface area contributed by atoms with Gasteiger partial charge < -0.3 is 14.2 Å². The summed E-state index contributed by atoms with van der Waals surface area (Å²) in [6.45, 7) is 3.68. The normalized spacial score (nSPS) is 11.0. The van der Waals surface area contributed by atoms with Crippen molar-refractivity contribution >= 4 is 22.5 Å². The third-order valence-electron chi connectivity index (χ3n) is 4.02. The highest BCUT2D eigenvalue weighted by Gasteiger charge is 2.17. The molecule has 1 aromatic carbocycles. The third-order valence-corrected chi connectivity index (χ3v) is 4.99. The van der Waals surface area contributed by atoms with E-state index in [0.29, 0.717) is 18.2 Å². The second-order valence-electron chi connectivity index (χ2n) is 6.56. The molecular formula is C20H24N4O2S. The third kappa shape index (κ3) is 5.42. The van der Waals surface area contributed by atoms with Crippen LogP contribution in [0.5, 0.6) is 0 Å². The lowest BCUT2D eigenvalue weighted by molar-refractivity contribution is 0.196. The highest BCUT2D eigenvalue weighted by Crippen LogP contribution is 2.28. The summed E-state index contributed by atoms with van der Waals surface area (Å²) >= 11 is 1.46. The Morgan fingerprint density at radius 1 is 1.15 bits per heavy atom. The van der Waals surface area contributed by atoms with E-state index in [-0.39, 0.29) is 6.03 Å². The summed E-state index contributed by atoms with van der Waals surface area (Å²) in [5.74, 6) is 1.61. The lowest BCUT2D eigenvalue weighted by Crippen LogP contribution is -2.38. The van der Waals surface area contributed by atoms with Gasteiger partial charge in [0, 0.05) is 19.3 Å². The minimum Gasteiger partial charge on any atom is -0.464 e. The van der Waals surface area contributed by atoms with Gasteiger partial charge in [-0.15, -0.1) is 0 Å². The number of aryl methyl sites for hydroxylation is 1. The van der Waals surface area contributed by atoms with Crippen LogP contribution >= 0.6 is 11.3 Å². The van der Waals surface area contributed by atoms with Gasteiger partial charge in [0.25, 0.3) is 0 Å². The fourth-order valence-electron chi connectivity index (χ4n) is 2.57. The Kier molecular flexibility index (Phi) is 6.26. The van der Waals surface area contributed by atoms with Crippen LogP contribution in [0.2, 0.25) is 0 Å². The van der Waals surface area contributed by atoms with Gasteiger partial charge in [0.1, 0.15) is 11.5 Å². The van der Waals surface area contributed by atoms with Crippen molar-refractivity contribution < 1.29 is 9.21 Å². The number of benzene rings is 1. The van der Waals surface area contributed by atoms with Gasteiger partial charge in [-0.2, -0.15) is 0 Å². The van der Waals surface area contributed by atoms with Crippen molar-refractivity contribution in [3.8, 4) is 10.4 Å². The molecule has 0 atom stereocenters. The molecule has 1 N–H and O–H groups in total. The van der Waals surface area contributed by atoms with Crippen LogP contribution in [0, 0.1) is 6.92 Å². The van der Waals surface area contributed by atoms with Crippen LogP contribution in [0.4, 0.5) is 9.93 Å². The molecule has 0 aliphatic rings. The fraction of sp³-hybridized carbons (Fsp3) is 0.300. The van der Waals surface area contributed by atoms with Crippen LogP contribution in [-0.4, -0.2) is 48.0 Å². The van der Waals surface area contributed by atoms with E-state index < -0.39 is 0 Å². The molecule has 2 aromatic heterocycles. The molecule has 0 aliphatic carbocycles. The molecule has 0 saturated carbocycles. The van der Waals surface area contributed by atoms with Crippen molar-refractivity contribution in [1.29, 1.82) is 0 Å². The summed E-state index contributed by atoms with van der Waals surface area (Å²) in [7, 11) is 3.97. The zero-order chi connectivity index (χ0) is 19.2. The molecule has 0 radical (unpaired) electrons. The number of hydrogen-bond donors (Lipinski definition) is 1.